The Balaban J connectivity index is 0.00000242. The van der Waals surface area contributed by atoms with Crippen molar-refractivity contribution in [2.75, 3.05) is 5.32 Å². The SMILES string of the molecule is Cc1ccc(NC(=O)CCCC[n+]2ccccc2)c(C)c1.[Br-]. The molecule has 2 rings (SSSR count). The van der Waals surface area contributed by atoms with Gasteiger partial charge in [-0.3, -0.25) is 4.79 Å². The molecule has 0 aliphatic carbocycles. The molecule has 0 saturated carbocycles. The van der Waals surface area contributed by atoms with E-state index in [9.17, 15) is 4.79 Å². The summed E-state index contributed by atoms with van der Waals surface area (Å²) in [5, 5.41) is 2.99. The zero-order valence-electron chi connectivity index (χ0n) is 13.2. The van der Waals surface area contributed by atoms with Crippen molar-refractivity contribution in [2.45, 2.75) is 39.7 Å². The maximum absolute atomic E-state index is 11.9. The first-order chi connectivity index (χ1) is 10.1. The molecular weight excluding hydrogens is 340 g/mol. The minimum absolute atomic E-state index is 0. The molecule has 0 unspecified atom stereocenters. The molecule has 1 aromatic heterocycles. The highest BCUT2D eigenvalue weighted by molar-refractivity contribution is 5.91. The number of rotatable bonds is 6. The molecule has 118 valence electrons. The highest BCUT2D eigenvalue weighted by Crippen LogP contribution is 2.16. The molecule has 0 aliphatic rings. The maximum Gasteiger partial charge on any atom is 0.224 e. The number of hydrogen-bond acceptors (Lipinski definition) is 1. The number of nitrogens with one attached hydrogen (secondary N) is 1. The number of aryl methyl sites for hydroxylation is 3. The van der Waals surface area contributed by atoms with Crippen LogP contribution in [0.5, 0.6) is 0 Å². The van der Waals surface area contributed by atoms with Crippen LogP contribution in [0.3, 0.4) is 0 Å². The quantitative estimate of drug-likeness (QED) is 0.585. The first kappa shape index (κ1) is 18.4. The number of carbonyl (C=O) groups excluding carboxylic acids is 1. The first-order valence-corrected chi connectivity index (χ1v) is 7.46. The lowest BCUT2D eigenvalue weighted by Crippen LogP contribution is -3.00. The second-order valence-electron chi connectivity index (χ2n) is 5.44. The molecule has 0 fully saturated rings. The summed E-state index contributed by atoms with van der Waals surface area (Å²) in [6, 6.07) is 12.1. The van der Waals surface area contributed by atoms with E-state index in [4.69, 9.17) is 0 Å². The fraction of sp³-hybridized carbons (Fsp3) is 0.333. The largest absolute Gasteiger partial charge is 1.00 e. The molecule has 2 aromatic rings. The van der Waals surface area contributed by atoms with Gasteiger partial charge in [-0.1, -0.05) is 23.8 Å². The summed E-state index contributed by atoms with van der Waals surface area (Å²) in [7, 11) is 0. The van der Waals surface area contributed by atoms with Crippen LogP contribution in [-0.4, -0.2) is 5.91 Å². The molecule has 3 nitrogen and oxygen atoms in total. The molecule has 1 aromatic carbocycles. The third-order valence-electron chi connectivity index (χ3n) is 3.50. The minimum atomic E-state index is 0. The summed E-state index contributed by atoms with van der Waals surface area (Å²) >= 11 is 0. The van der Waals surface area contributed by atoms with Gasteiger partial charge in [0.25, 0.3) is 0 Å². The van der Waals surface area contributed by atoms with Crippen LogP contribution in [0.4, 0.5) is 5.69 Å². The molecule has 0 atom stereocenters. The van der Waals surface area contributed by atoms with Crippen molar-refractivity contribution < 1.29 is 26.3 Å². The summed E-state index contributed by atoms with van der Waals surface area (Å²) in [6.45, 7) is 5.03. The van der Waals surface area contributed by atoms with Gasteiger partial charge in [0.15, 0.2) is 12.4 Å². The molecule has 0 aliphatic heterocycles. The molecular formula is C18H23BrN2O. The zero-order valence-corrected chi connectivity index (χ0v) is 14.8. The molecule has 0 radical (unpaired) electrons. The highest BCUT2D eigenvalue weighted by Gasteiger charge is 2.06. The van der Waals surface area contributed by atoms with E-state index in [2.05, 4.69) is 35.3 Å². The van der Waals surface area contributed by atoms with Crippen molar-refractivity contribution in [1.29, 1.82) is 0 Å². The Hall–Kier alpha value is -1.68. The number of carbonyl (C=O) groups is 1. The van der Waals surface area contributed by atoms with Crippen molar-refractivity contribution in [3.05, 3.63) is 59.9 Å². The summed E-state index contributed by atoms with van der Waals surface area (Å²) in [6.07, 6.45) is 6.58. The van der Waals surface area contributed by atoms with E-state index in [1.54, 1.807) is 0 Å². The Kier molecular flexibility index (Phi) is 7.82. The van der Waals surface area contributed by atoms with E-state index >= 15 is 0 Å². The lowest BCUT2D eigenvalue weighted by atomic mass is 10.1. The van der Waals surface area contributed by atoms with Gasteiger partial charge in [-0.2, -0.15) is 0 Å². The standard InChI is InChI=1S/C18H22N2O.BrH/c1-15-9-10-17(16(2)14-15)19-18(21)8-4-7-13-20-11-5-3-6-12-20;/h3,5-6,9-12,14H,4,7-8,13H2,1-2H3;1H. The third-order valence-corrected chi connectivity index (χ3v) is 3.50. The van der Waals surface area contributed by atoms with Crippen molar-refractivity contribution >= 4 is 11.6 Å². The average Bonchev–Trinajstić information content (AvgIpc) is 2.48. The summed E-state index contributed by atoms with van der Waals surface area (Å²) in [5.74, 6) is 0.0972. The van der Waals surface area contributed by atoms with Gasteiger partial charge in [0.1, 0.15) is 6.54 Å². The molecule has 1 heterocycles. The number of benzene rings is 1. The Morgan fingerprint density at radius 2 is 1.82 bits per heavy atom. The van der Waals surface area contributed by atoms with Crippen LogP contribution in [0.1, 0.15) is 30.4 Å². The van der Waals surface area contributed by atoms with Crippen LogP contribution < -0.4 is 26.9 Å². The molecule has 1 N–H and O–H groups in total. The molecule has 0 spiro atoms. The van der Waals surface area contributed by atoms with Crippen LogP contribution in [0, 0.1) is 13.8 Å². The van der Waals surface area contributed by atoms with E-state index in [-0.39, 0.29) is 22.9 Å². The minimum Gasteiger partial charge on any atom is -1.00 e. The lowest BCUT2D eigenvalue weighted by Gasteiger charge is -2.08. The number of halogens is 1. The predicted octanol–water partition coefficient (Wildman–Crippen LogP) is 0.404. The van der Waals surface area contributed by atoms with E-state index < -0.39 is 0 Å². The number of unbranched alkanes of at least 4 members (excludes halogenated alkanes) is 1. The summed E-state index contributed by atoms with van der Waals surface area (Å²) in [5.41, 5.74) is 3.25. The summed E-state index contributed by atoms with van der Waals surface area (Å²) in [4.78, 5) is 11.9. The van der Waals surface area contributed by atoms with E-state index in [1.807, 2.05) is 37.3 Å². The maximum atomic E-state index is 11.9. The normalized spacial score (nSPS) is 9.91. The van der Waals surface area contributed by atoms with Crippen LogP contribution in [-0.2, 0) is 11.3 Å². The fourth-order valence-corrected chi connectivity index (χ4v) is 2.33. The van der Waals surface area contributed by atoms with Crippen LogP contribution in [0.25, 0.3) is 0 Å². The second kappa shape index (κ2) is 9.36. The van der Waals surface area contributed by atoms with Crippen molar-refractivity contribution in [2.24, 2.45) is 0 Å². The fourth-order valence-electron chi connectivity index (χ4n) is 2.33. The van der Waals surface area contributed by atoms with Gasteiger partial charge < -0.3 is 22.3 Å². The lowest BCUT2D eigenvalue weighted by molar-refractivity contribution is -0.697. The average molecular weight is 363 g/mol. The highest BCUT2D eigenvalue weighted by atomic mass is 79.9. The van der Waals surface area contributed by atoms with Crippen molar-refractivity contribution in [3.8, 4) is 0 Å². The predicted molar refractivity (Wildman–Crippen MR) is 85.0 cm³/mol. The molecule has 22 heavy (non-hydrogen) atoms. The molecule has 0 bridgehead atoms. The van der Waals surface area contributed by atoms with Gasteiger partial charge in [0, 0.05) is 30.7 Å². The van der Waals surface area contributed by atoms with Gasteiger partial charge in [-0.05, 0) is 31.9 Å². The van der Waals surface area contributed by atoms with Gasteiger partial charge in [0.05, 0.1) is 0 Å². The smallest absolute Gasteiger partial charge is 0.224 e. The second-order valence-corrected chi connectivity index (χ2v) is 5.44. The molecule has 4 heteroatoms. The van der Waals surface area contributed by atoms with Crippen LogP contribution >= 0.6 is 0 Å². The first-order valence-electron chi connectivity index (χ1n) is 7.46. The Morgan fingerprint density at radius 3 is 2.50 bits per heavy atom. The van der Waals surface area contributed by atoms with Gasteiger partial charge in [0.2, 0.25) is 5.91 Å². The number of hydrogen-bond donors (Lipinski definition) is 1. The van der Waals surface area contributed by atoms with Gasteiger partial charge >= 0.3 is 0 Å². The number of pyridine rings is 1. The Bertz CT molecular complexity index is 599. The number of aromatic nitrogens is 1. The summed E-state index contributed by atoms with van der Waals surface area (Å²) < 4.78 is 2.14. The Labute approximate surface area is 143 Å². The van der Waals surface area contributed by atoms with Crippen LogP contribution in [0.15, 0.2) is 48.8 Å². The van der Waals surface area contributed by atoms with Crippen molar-refractivity contribution in [3.63, 3.8) is 0 Å². The third kappa shape index (κ3) is 5.98. The molecule has 1 amide bonds. The van der Waals surface area contributed by atoms with E-state index in [0.717, 1.165) is 30.6 Å². The number of anilines is 1. The van der Waals surface area contributed by atoms with Crippen molar-refractivity contribution in [1.82, 2.24) is 0 Å². The van der Waals surface area contributed by atoms with Crippen LogP contribution in [0.2, 0.25) is 0 Å². The number of amides is 1. The topological polar surface area (TPSA) is 33.0 Å². The van der Waals surface area contributed by atoms with E-state index in [1.165, 1.54) is 5.56 Å². The molecule has 0 saturated heterocycles. The van der Waals surface area contributed by atoms with Gasteiger partial charge in [-0.15, -0.1) is 0 Å². The van der Waals surface area contributed by atoms with E-state index in [0.29, 0.717) is 6.42 Å². The number of nitrogens with zero attached hydrogens (tertiary/aromatic N) is 1. The monoisotopic (exact) mass is 362 g/mol. The Morgan fingerprint density at radius 1 is 1.09 bits per heavy atom. The zero-order chi connectivity index (χ0) is 15.1. The van der Waals surface area contributed by atoms with Gasteiger partial charge in [-0.25, -0.2) is 4.57 Å².